The molecule has 0 spiro atoms. The van der Waals surface area contributed by atoms with Gasteiger partial charge in [0.1, 0.15) is 0 Å². The molecule has 3 heteroatoms. The van der Waals surface area contributed by atoms with Crippen molar-refractivity contribution in [2.75, 3.05) is 0 Å². The summed E-state index contributed by atoms with van der Waals surface area (Å²) in [5, 5.41) is 0. The van der Waals surface area contributed by atoms with Crippen LogP contribution in [0.2, 0.25) is 0 Å². The zero-order valence-electron chi connectivity index (χ0n) is 8.70. The highest BCUT2D eigenvalue weighted by Crippen LogP contribution is 2.21. The van der Waals surface area contributed by atoms with Crippen LogP contribution in [0.15, 0.2) is 29.3 Å². The number of nitrogens with zero attached hydrogens (tertiary/aromatic N) is 1. The SMILES string of the molecule is CC[C@@H](N=C(N)N)c1cccc(C)c1. The average Bonchev–Trinajstić information content (AvgIpc) is 2.14. The van der Waals surface area contributed by atoms with Gasteiger partial charge in [0.25, 0.3) is 0 Å². The minimum absolute atomic E-state index is 0.0832. The molecule has 1 aromatic rings. The van der Waals surface area contributed by atoms with E-state index >= 15 is 0 Å². The van der Waals surface area contributed by atoms with Crippen LogP contribution in [-0.4, -0.2) is 5.96 Å². The second kappa shape index (κ2) is 4.65. The molecule has 1 rings (SSSR count). The Balaban J connectivity index is 2.95. The summed E-state index contributed by atoms with van der Waals surface area (Å²) in [6, 6.07) is 8.33. The number of rotatable bonds is 3. The van der Waals surface area contributed by atoms with Crippen molar-refractivity contribution < 1.29 is 0 Å². The molecule has 0 heterocycles. The molecular formula is C11H17N3. The molecule has 0 unspecified atom stereocenters. The Bertz CT molecular complexity index is 327. The molecule has 0 radical (unpaired) electrons. The van der Waals surface area contributed by atoms with Crippen molar-refractivity contribution in [1.82, 2.24) is 0 Å². The van der Waals surface area contributed by atoms with Gasteiger partial charge in [0.15, 0.2) is 5.96 Å². The van der Waals surface area contributed by atoms with Crippen LogP contribution < -0.4 is 11.5 Å². The van der Waals surface area contributed by atoms with Gasteiger partial charge in [0.05, 0.1) is 6.04 Å². The lowest BCUT2D eigenvalue weighted by atomic mass is 10.0. The first-order valence-corrected chi connectivity index (χ1v) is 4.78. The van der Waals surface area contributed by atoms with Crippen molar-refractivity contribution in [2.45, 2.75) is 26.3 Å². The molecule has 3 nitrogen and oxygen atoms in total. The van der Waals surface area contributed by atoms with Gasteiger partial charge in [0.2, 0.25) is 0 Å². The van der Waals surface area contributed by atoms with Gasteiger partial charge >= 0.3 is 0 Å². The summed E-state index contributed by atoms with van der Waals surface area (Å²) in [6.07, 6.45) is 0.904. The number of guanidine groups is 1. The predicted molar refractivity (Wildman–Crippen MR) is 60.0 cm³/mol. The Morgan fingerprint density at radius 3 is 2.64 bits per heavy atom. The Hall–Kier alpha value is -1.51. The first-order chi connectivity index (χ1) is 6.63. The van der Waals surface area contributed by atoms with E-state index in [4.69, 9.17) is 11.5 Å². The van der Waals surface area contributed by atoms with Crippen molar-refractivity contribution in [3.8, 4) is 0 Å². The van der Waals surface area contributed by atoms with Crippen LogP contribution in [0.5, 0.6) is 0 Å². The molecule has 0 aliphatic heterocycles. The minimum Gasteiger partial charge on any atom is -0.370 e. The lowest BCUT2D eigenvalue weighted by Crippen LogP contribution is -2.23. The van der Waals surface area contributed by atoms with E-state index in [2.05, 4.69) is 31.0 Å². The molecule has 4 N–H and O–H groups in total. The average molecular weight is 191 g/mol. The summed E-state index contributed by atoms with van der Waals surface area (Å²) in [6.45, 7) is 4.13. The topological polar surface area (TPSA) is 64.4 Å². The van der Waals surface area contributed by atoms with E-state index in [1.54, 1.807) is 0 Å². The van der Waals surface area contributed by atoms with Crippen molar-refractivity contribution in [2.24, 2.45) is 16.5 Å². The quantitative estimate of drug-likeness (QED) is 0.564. The van der Waals surface area contributed by atoms with E-state index in [9.17, 15) is 0 Å². The van der Waals surface area contributed by atoms with E-state index in [1.165, 1.54) is 11.1 Å². The van der Waals surface area contributed by atoms with Gasteiger partial charge in [-0.2, -0.15) is 0 Å². The van der Waals surface area contributed by atoms with Crippen LogP contribution in [0.4, 0.5) is 0 Å². The summed E-state index contributed by atoms with van der Waals surface area (Å²) in [7, 11) is 0. The fourth-order valence-electron chi connectivity index (χ4n) is 1.46. The molecule has 1 atom stereocenters. The van der Waals surface area contributed by atoms with Crippen LogP contribution >= 0.6 is 0 Å². The number of nitrogens with two attached hydrogens (primary N) is 2. The molecule has 14 heavy (non-hydrogen) atoms. The Kier molecular flexibility index (Phi) is 3.51. The Labute approximate surface area is 84.8 Å². The molecule has 1 aromatic carbocycles. The second-order valence-corrected chi connectivity index (χ2v) is 3.39. The summed E-state index contributed by atoms with van der Waals surface area (Å²) < 4.78 is 0. The first kappa shape index (κ1) is 10.6. The molecule has 0 amide bonds. The van der Waals surface area contributed by atoms with Crippen molar-refractivity contribution >= 4 is 5.96 Å². The monoisotopic (exact) mass is 191 g/mol. The van der Waals surface area contributed by atoms with Crippen LogP contribution in [0.25, 0.3) is 0 Å². The third-order valence-corrected chi connectivity index (χ3v) is 2.12. The fraction of sp³-hybridized carbons (Fsp3) is 0.364. The van der Waals surface area contributed by atoms with Gasteiger partial charge in [0, 0.05) is 0 Å². The standard InChI is InChI=1S/C11H17N3/c1-3-10(14-11(12)13)9-6-4-5-8(2)7-9/h4-7,10H,3H2,1-2H3,(H4,12,13,14)/t10-/m1/s1. The van der Waals surface area contributed by atoms with Crippen LogP contribution in [0.3, 0.4) is 0 Å². The van der Waals surface area contributed by atoms with Gasteiger partial charge in [-0.05, 0) is 18.9 Å². The Morgan fingerprint density at radius 2 is 2.14 bits per heavy atom. The maximum atomic E-state index is 5.37. The van der Waals surface area contributed by atoms with E-state index in [0.29, 0.717) is 0 Å². The molecule has 0 fully saturated rings. The maximum absolute atomic E-state index is 5.37. The summed E-state index contributed by atoms with van der Waals surface area (Å²) in [4.78, 5) is 4.18. The largest absolute Gasteiger partial charge is 0.370 e. The lowest BCUT2D eigenvalue weighted by molar-refractivity contribution is 0.698. The number of aryl methyl sites for hydroxylation is 1. The number of hydrogen-bond acceptors (Lipinski definition) is 1. The van der Waals surface area contributed by atoms with Gasteiger partial charge in [-0.15, -0.1) is 0 Å². The molecule has 0 aromatic heterocycles. The van der Waals surface area contributed by atoms with Gasteiger partial charge < -0.3 is 11.5 Å². The summed E-state index contributed by atoms with van der Waals surface area (Å²) >= 11 is 0. The molecular weight excluding hydrogens is 174 g/mol. The third-order valence-electron chi connectivity index (χ3n) is 2.12. The summed E-state index contributed by atoms with van der Waals surface area (Å²) in [5.41, 5.74) is 13.1. The smallest absolute Gasteiger partial charge is 0.186 e. The van der Waals surface area contributed by atoms with Crippen LogP contribution in [0.1, 0.15) is 30.5 Å². The first-order valence-electron chi connectivity index (χ1n) is 4.78. The Morgan fingerprint density at radius 1 is 1.43 bits per heavy atom. The lowest BCUT2D eigenvalue weighted by Gasteiger charge is -2.11. The zero-order valence-corrected chi connectivity index (χ0v) is 8.70. The van der Waals surface area contributed by atoms with Gasteiger partial charge in [-0.25, -0.2) is 4.99 Å². The number of aliphatic imine (C=N–C) groups is 1. The minimum atomic E-state index is 0.0832. The number of hydrogen-bond donors (Lipinski definition) is 2. The van der Waals surface area contributed by atoms with E-state index in [0.717, 1.165) is 6.42 Å². The molecule has 0 bridgehead atoms. The maximum Gasteiger partial charge on any atom is 0.186 e. The molecule has 0 saturated carbocycles. The molecule has 0 saturated heterocycles. The van der Waals surface area contributed by atoms with Crippen molar-refractivity contribution in [3.05, 3.63) is 35.4 Å². The van der Waals surface area contributed by atoms with E-state index in [-0.39, 0.29) is 12.0 Å². The van der Waals surface area contributed by atoms with E-state index < -0.39 is 0 Å². The van der Waals surface area contributed by atoms with Gasteiger partial charge in [-0.1, -0.05) is 36.8 Å². The highest BCUT2D eigenvalue weighted by atomic mass is 15.0. The highest BCUT2D eigenvalue weighted by molar-refractivity contribution is 5.76. The predicted octanol–water partition coefficient (Wildman–Crippen LogP) is 1.72. The van der Waals surface area contributed by atoms with Crippen molar-refractivity contribution in [1.29, 1.82) is 0 Å². The van der Waals surface area contributed by atoms with Crippen LogP contribution in [-0.2, 0) is 0 Å². The summed E-state index contributed by atoms with van der Waals surface area (Å²) in [5.74, 6) is 0.151. The highest BCUT2D eigenvalue weighted by Gasteiger charge is 2.07. The normalized spacial score (nSPS) is 12.1. The van der Waals surface area contributed by atoms with Crippen molar-refractivity contribution in [3.63, 3.8) is 0 Å². The van der Waals surface area contributed by atoms with E-state index in [1.807, 2.05) is 12.1 Å². The second-order valence-electron chi connectivity index (χ2n) is 3.39. The van der Waals surface area contributed by atoms with Gasteiger partial charge in [-0.3, -0.25) is 0 Å². The number of benzene rings is 1. The fourth-order valence-corrected chi connectivity index (χ4v) is 1.46. The molecule has 76 valence electrons. The van der Waals surface area contributed by atoms with Crippen LogP contribution in [0, 0.1) is 6.92 Å². The third kappa shape index (κ3) is 2.76. The molecule has 0 aliphatic carbocycles. The zero-order chi connectivity index (χ0) is 10.6. The molecule has 0 aliphatic rings.